The number of nitrogens with zero attached hydrogens (tertiary/aromatic N) is 2. The Hall–Kier alpha value is -0.760. The summed E-state index contributed by atoms with van der Waals surface area (Å²) < 4.78 is 0. The van der Waals surface area contributed by atoms with E-state index < -0.39 is 0 Å². The fourth-order valence-electron chi connectivity index (χ4n) is 1.91. The summed E-state index contributed by atoms with van der Waals surface area (Å²) in [4.78, 5) is 6.68. The molecule has 0 fully saturated rings. The molecule has 0 aromatic carbocycles. The van der Waals surface area contributed by atoms with E-state index in [-0.39, 0.29) is 0 Å². The van der Waals surface area contributed by atoms with Crippen LogP contribution in [0.1, 0.15) is 45.6 Å². The Morgan fingerprint density at radius 2 is 2.18 bits per heavy atom. The van der Waals surface area contributed by atoms with Gasteiger partial charge in [-0.2, -0.15) is 0 Å². The molecule has 2 nitrogen and oxygen atoms in total. The van der Waals surface area contributed by atoms with E-state index in [9.17, 15) is 0 Å². The third kappa shape index (κ3) is 3.88. The van der Waals surface area contributed by atoms with Gasteiger partial charge in [0.25, 0.3) is 0 Å². The van der Waals surface area contributed by atoms with Gasteiger partial charge in [0.05, 0.1) is 11.9 Å². The molecular formula is C14H23ClN2. The molecule has 0 saturated heterocycles. The molecule has 0 spiro atoms. The van der Waals surface area contributed by atoms with Gasteiger partial charge in [-0.15, -0.1) is 11.6 Å². The van der Waals surface area contributed by atoms with Crippen molar-refractivity contribution in [3.8, 4) is 0 Å². The molecule has 1 unspecified atom stereocenters. The van der Waals surface area contributed by atoms with E-state index in [1.807, 2.05) is 18.5 Å². The van der Waals surface area contributed by atoms with Crippen molar-refractivity contribution < 1.29 is 0 Å². The van der Waals surface area contributed by atoms with Crippen molar-refractivity contribution in [3.63, 3.8) is 0 Å². The molecule has 1 aromatic heterocycles. The van der Waals surface area contributed by atoms with E-state index in [0.29, 0.717) is 11.9 Å². The molecular weight excluding hydrogens is 232 g/mol. The van der Waals surface area contributed by atoms with Gasteiger partial charge in [0.15, 0.2) is 0 Å². The summed E-state index contributed by atoms with van der Waals surface area (Å²) in [5.41, 5.74) is 2.38. The van der Waals surface area contributed by atoms with Crippen molar-refractivity contribution in [2.24, 2.45) is 0 Å². The van der Waals surface area contributed by atoms with Crippen LogP contribution in [0.5, 0.6) is 0 Å². The fourth-order valence-corrected chi connectivity index (χ4v) is 2.14. The monoisotopic (exact) mass is 254 g/mol. The lowest BCUT2D eigenvalue weighted by atomic mass is 10.1. The van der Waals surface area contributed by atoms with Crippen LogP contribution in [0.3, 0.4) is 0 Å². The summed E-state index contributed by atoms with van der Waals surface area (Å²) in [5, 5.41) is 0. The van der Waals surface area contributed by atoms with Gasteiger partial charge in [-0.25, -0.2) is 0 Å². The van der Waals surface area contributed by atoms with Gasteiger partial charge in [-0.1, -0.05) is 20.3 Å². The Kier molecular flexibility index (Phi) is 6.35. The van der Waals surface area contributed by atoms with Gasteiger partial charge >= 0.3 is 0 Å². The molecule has 1 atom stereocenters. The topological polar surface area (TPSA) is 16.1 Å². The van der Waals surface area contributed by atoms with E-state index in [0.717, 1.165) is 13.0 Å². The Labute approximate surface area is 110 Å². The van der Waals surface area contributed by atoms with Crippen LogP contribution in [-0.2, 0) is 5.88 Å². The maximum Gasteiger partial charge on any atom is 0.0599 e. The second kappa shape index (κ2) is 7.54. The second-order valence-electron chi connectivity index (χ2n) is 4.44. The predicted octanol–water partition coefficient (Wildman–Crippen LogP) is 4.23. The molecule has 96 valence electrons. The zero-order valence-corrected chi connectivity index (χ0v) is 11.9. The minimum Gasteiger partial charge on any atom is -0.367 e. The van der Waals surface area contributed by atoms with Crippen LogP contribution >= 0.6 is 11.6 Å². The molecule has 0 bridgehead atoms. The Balaban J connectivity index is 2.94. The highest BCUT2D eigenvalue weighted by molar-refractivity contribution is 6.17. The van der Waals surface area contributed by atoms with Gasteiger partial charge in [0, 0.05) is 24.7 Å². The van der Waals surface area contributed by atoms with Crippen LogP contribution in [0.4, 0.5) is 5.69 Å². The van der Waals surface area contributed by atoms with Gasteiger partial charge in [0.1, 0.15) is 0 Å². The summed E-state index contributed by atoms with van der Waals surface area (Å²) >= 11 is 6.00. The summed E-state index contributed by atoms with van der Waals surface area (Å²) in [7, 11) is 0. The normalized spacial score (nSPS) is 12.5. The first-order valence-electron chi connectivity index (χ1n) is 6.50. The number of halogens is 1. The minimum atomic E-state index is 0.535. The number of alkyl halides is 1. The number of unbranched alkanes of at least 4 members (excludes halogenated alkanes) is 1. The van der Waals surface area contributed by atoms with Crippen LogP contribution in [0, 0.1) is 0 Å². The third-order valence-corrected chi connectivity index (χ3v) is 3.50. The highest BCUT2D eigenvalue weighted by atomic mass is 35.5. The standard InChI is InChI=1S/C14H23ClN2/c1-4-6-9-17(12(3)5-2)14-11-16-8-7-13(14)10-15/h7-8,11-12H,4-6,9-10H2,1-3H3. The largest absolute Gasteiger partial charge is 0.367 e. The first-order chi connectivity index (χ1) is 8.24. The van der Waals surface area contributed by atoms with E-state index in [1.54, 1.807) is 0 Å². The van der Waals surface area contributed by atoms with Crippen LogP contribution in [-0.4, -0.2) is 17.6 Å². The molecule has 0 N–H and O–H groups in total. The van der Waals surface area contributed by atoms with Crippen LogP contribution < -0.4 is 4.90 Å². The van der Waals surface area contributed by atoms with Crippen molar-refractivity contribution in [3.05, 3.63) is 24.0 Å². The van der Waals surface area contributed by atoms with Crippen LogP contribution in [0.2, 0.25) is 0 Å². The minimum absolute atomic E-state index is 0.535. The quantitative estimate of drug-likeness (QED) is 0.677. The second-order valence-corrected chi connectivity index (χ2v) is 4.71. The maximum atomic E-state index is 6.00. The van der Waals surface area contributed by atoms with Crippen LogP contribution in [0.15, 0.2) is 18.5 Å². The molecule has 0 aliphatic heterocycles. The summed E-state index contributed by atoms with van der Waals surface area (Å²) in [6, 6.07) is 2.55. The van der Waals surface area contributed by atoms with Crippen molar-refractivity contribution in [1.29, 1.82) is 0 Å². The molecule has 0 saturated carbocycles. The van der Waals surface area contributed by atoms with Gasteiger partial charge < -0.3 is 4.90 Å². The fraction of sp³-hybridized carbons (Fsp3) is 0.643. The first-order valence-corrected chi connectivity index (χ1v) is 7.03. The van der Waals surface area contributed by atoms with Crippen LogP contribution in [0.25, 0.3) is 0 Å². The smallest absolute Gasteiger partial charge is 0.0599 e. The number of rotatable bonds is 7. The lowest BCUT2D eigenvalue weighted by molar-refractivity contribution is 0.593. The Morgan fingerprint density at radius 3 is 2.76 bits per heavy atom. The first kappa shape index (κ1) is 14.3. The zero-order valence-electron chi connectivity index (χ0n) is 11.1. The maximum absolute atomic E-state index is 6.00. The third-order valence-electron chi connectivity index (χ3n) is 3.22. The van der Waals surface area contributed by atoms with E-state index >= 15 is 0 Å². The predicted molar refractivity (Wildman–Crippen MR) is 75.8 cm³/mol. The van der Waals surface area contributed by atoms with Gasteiger partial charge in [0.2, 0.25) is 0 Å². The lowest BCUT2D eigenvalue weighted by Crippen LogP contribution is -2.34. The summed E-state index contributed by atoms with van der Waals surface area (Å²) in [6.45, 7) is 7.79. The highest BCUT2D eigenvalue weighted by Crippen LogP contribution is 2.24. The van der Waals surface area contributed by atoms with Crippen molar-refractivity contribution in [2.75, 3.05) is 11.4 Å². The molecule has 0 radical (unpaired) electrons. The molecule has 0 amide bonds. The van der Waals surface area contributed by atoms with E-state index in [2.05, 4.69) is 30.7 Å². The summed E-state index contributed by atoms with van der Waals surface area (Å²) in [5.74, 6) is 0.552. The number of pyridine rings is 1. The SMILES string of the molecule is CCCCN(c1cnccc1CCl)C(C)CC. The number of anilines is 1. The molecule has 0 aliphatic rings. The van der Waals surface area contributed by atoms with Crippen molar-refractivity contribution in [1.82, 2.24) is 4.98 Å². The lowest BCUT2D eigenvalue weighted by Gasteiger charge is -2.32. The van der Waals surface area contributed by atoms with Crippen molar-refractivity contribution >= 4 is 17.3 Å². The average Bonchev–Trinajstić information content (AvgIpc) is 2.39. The van der Waals surface area contributed by atoms with E-state index in [4.69, 9.17) is 11.6 Å². The molecule has 3 heteroatoms. The molecule has 0 aliphatic carbocycles. The van der Waals surface area contributed by atoms with Gasteiger partial charge in [-0.3, -0.25) is 4.98 Å². The van der Waals surface area contributed by atoms with Crippen molar-refractivity contribution in [2.45, 2.75) is 52.0 Å². The summed E-state index contributed by atoms with van der Waals surface area (Å²) in [6.07, 6.45) is 7.32. The Bertz CT molecular complexity index is 328. The van der Waals surface area contributed by atoms with Gasteiger partial charge in [-0.05, 0) is 31.4 Å². The molecule has 1 rings (SSSR count). The number of hydrogen-bond acceptors (Lipinski definition) is 2. The number of hydrogen-bond donors (Lipinski definition) is 0. The van der Waals surface area contributed by atoms with E-state index in [1.165, 1.54) is 24.1 Å². The highest BCUT2D eigenvalue weighted by Gasteiger charge is 2.15. The Morgan fingerprint density at radius 1 is 1.41 bits per heavy atom. The number of aromatic nitrogens is 1. The molecule has 1 heterocycles. The molecule has 1 aromatic rings. The molecule has 17 heavy (non-hydrogen) atoms. The zero-order chi connectivity index (χ0) is 12.7. The average molecular weight is 255 g/mol.